The van der Waals surface area contributed by atoms with E-state index < -0.39 is 18.0 Å². The molecule has 1 atom stereocenters. The summed E-state index contributed by atoms with van der Waals surface area (Å²) in [4.78, 5) is 23.2. The number of carbonyl (C=O) groups excluding carboxylic acids is 2. The van der Waals surface area contributed by atoms with Crippen molar-refractivity contribution in [1.29, 1.82) is 0 Å². The molecule has 0 aliphatic heterocycles. The fourth-order valence-corrected chi connectivity index (χ4v) is 1.50. The molecule has 0 radical (unpaired) electrons. The molecule has 0 aliphatic rings. The Morgan fingerprint density at radius 3 is 2.05 bits per heavy atom. The molecule has 0 aromatic rings. The predicted molar refractivity (Wildman–Crippen MR) is 82.7 cm³/mol. The van der Waals surface area contributed by atoms with Crippen molar-refractivity contribution in [2.45, 2.75) is 66.8 Å². The Morgan fingerprint density at radius 1 is 1.00 bits per heavy atom. The van der Waals surface area contributed by atoms with Gasteiger partial charge < -0.3 is 15.2 Å². The van der Waals surface area contributed by atoms with Crippen LogP contribution in [0, 0.1) is 10.8 Å². The zero-order valence-electron chi connectivity index (χ0n) is 14.3. The summed E-state index contributed by atoms with van der Waals surface area (Å²) in [7, 11) is 0. The Balaban J connectivity index is 3.92. The maximum absolute atomic E-state index is 11.6. The van der Waals surface area contributed by atoms with Crippen LogP contribution in [0.25, 0.3) is 0 Å². The minimum atomic E-state index is -0.952. The van der Waals surface area contributed by atoms with Crippen molar-refractivity contribution in [3.8, 4) is 0 Å². The van der Waals surface area contributed by atoms with Crippen LogP contribution in [-0.4, -0.2) is 31.2 Å². The summed E-state index contributed by atoms with van der Waals surface area (Å²) in [6.07, 6.45) is 1.60. The maximum atomic E-state index is 11.6. The van der Waals surface area contributed by atoms with E-state index in [0.717, 1.165) is 12.8 Å². The van der Waals surface area contributed by atoms with Gasteiger partial charge >= 0.3 is 11.9 Å². The van der Waals surface area contributed by atoms with Crippen LogP contribution in [-0.2, 0) is 19.1 Å². The quantitative estimate of drug-likeness (QED) is 0.577. The highest BCUT2D eigenvalue weighted by Crippen LogP contribution is 2.20. The number of nitrogens with two attached hydrogens (primary N) is 1. The van der Waals surface area contributed by atoms with E-state index in [-0.39, 0.29) is 17.3 Å². The van der Waals surface area contributed by atoms with E-state index in [1.54, 1.807) is 0 Å². The van der Waals surface area contributed by atoms with E-state index in [0.29, 0.717) is 13.2 Å². The summed E-state index contributed by atoms with van der Waals surface area (Å²) in [5, 5.41) is 0. The van der Waals surface area contributed by atoms with Gasteiger partial charge in [0.2, 0.25) is 0 Å². The van der Waals surface area contributed by atoms with Gasteiger partial charge in [-0.1, -0.05) is 41.5 Å². The van der Waals surface area contributed by atoms with Crippen LogP contribution in [0.3, 0.4) is 0 Å². The largest absolute Gasteiger partial charge is 0.465 e. The summed E-state index contributed by atoms with van der Waals surface area (Å²) >= 11 is 0. The Morgan fingerprint density at radius 2 is 1.57 bits per heavy atom. The van der Waals surface area contributed by atoms with Crippen LogP contribution in [0.15, 0.2) is 0 Å². The van der Waals surface area contributed by atoms with E-state index in [9.17, 15) is 9.59 Å². The molecule has 0 rings (SSSR count). The third kappa shape index (κ3) is 12.4. The molecular formula is C16H31NO4. The lowest BCUT2D eigenvalue weighted by atomic mass is 9.91. The zero-order valence-corrected chi connectivity index (χ0v) is 14.3. The highest BCUT2D eigenvalue weighted by atomic mass is 16.5. The van der Waals surface area contributed by atoms with Crippen molar-refractivity contribution in [3.63, 3.8) is 0 Å². The van der Waals surface area contributed by atoms with Gasteiger partial charge in [0.15, 0.2) is 0 Å². The van der Waals surface area contributed by atoms with Crippen LogP contribution in [0.4, 0.5) is 0 Å². The van der Waals surface area contributed by atoms with Crippen LogP contribution in [0.5, 0.6) is 0 Å². The average Bonchev–Trinajstić information content (AvgIpc) is 2.29. The van der Waals surface area contributed by atoms with E-state index in [2.05, 4.69) is 20.8 Å². The summed E-state index contributed by atoms with van der Waals surface area (Å²) in [5.41, 5.74) is 5.76. The van der Waals surface area contributed by atoms with Gasteiger partial charge in [-0.25, -0.2) is 0 Å². The molecule has 124 valence electrons. The third-order valence-corrected chi connectivity index (χ3v) is 2.67. The summed E-state index contributed by atoms with van der Waals surface area (Å²) in [6.45, 7) is 12.9. The van der Waals surface area contributed by atoms with Crippen LogP contribution in [0.1, 0.15) is 60.8 Å². The lowest BCUT2D eigenvalue weighted by Gasteiger charge is -2.19. The number of rotatable bonds is 7. The zero-order chi connectivity index (χ0) is 16.7. The van der Waals surface area contributed by atoms with Gasteiger partial charge in [0.25, 0.3) is 0 Å². The molecule has 21 heavy (non-hydrogen) atoms. The first kappa shape index (κ1) is 19.9. The summed E-state index contributed by atoms with van der Waals surface area (Å²) in [5.74, 6) is -1.01. The van der Waals surface area contributed by atoms with Crippen LogP contribution >= 0.6 is 0 Å². The van der Waals surface area contributed by atoms with Crippen molar-refractivity contribution >= 4 is 11.9 Å². The van der Waals surface area contributed by atoms with Crippen LogP contribution in [0.2, 0.25) is 0 Å². The second-order valence-corrected chi connectivity index (χ2v) is 7.86. The van der Waals surface area contributed by atoms with E-state index >= 15 is 0 Å². The van der Waals surface area contributed by atoms with Gasteiger partial charge in [-0.15, -0.1) is 0 Å². The molecule has 5 heteroatoms. The van der Waals surface area contributed by atoms with Crippen molar-refractivity contribution in [3.05, 3.63) is 0 Å². The molecular weight excluding hydrogens is 270 g/mol. The lowest BCUT2D eigenvalue weighted by Crippen LogP contribution is -2.35. The molecule has 0 heterocycles. The predicted octanol–water partition coefficient (Wildman–Crippen LogP) is 2.66. The molecule has 2 N–H and O–H groups in total. The van der Waals surface area contributed by atoms with E-state index in [1.807, 2.05) is 20.8 Å². The van der Waals surface area contributed by atoms with Crippen molar-refractivity contribution in [2.24, 2.45) is 16.6 Å². The fraction of sp³-hybridized carbons (Fsp3) is 0.875. The highest BCUT2D eigenvalue weighted by molar-refractivity contribution is 5.82. The highest BCUT2D eigenvalue weighted by Gasteiger charge is 2.21. The standard InChI is InChI=1S/C16H31NO4/c1-15(2,3)8-7-9-20-14(19)12(17)10-13(18)21-11-16(4,5)6/h12H,7-11,17H2,1-6H3. The molecule has 0 saturated heterocycles. The molecule has 0 spiro atoms. The van der Waals surface area contributed by atoms with Gasteiger partial charge in [0, 0.05) is 0 Å². The first-order valence-electron chi connectivity index (χ1n) is 7.48. The lowest BCUT2D eigenvalue weighted by molar-refractivity contribution is -0.153. The normalized spacial score (nSPS) is 13.7. The second kappa shape index (κ2) is 8.37. The second-order valence-electron chi connectivity index (χ2n) is 7.86. The first-order valence-corrected chi connectivity index (χ1v) is 7.48. The Labute approximate surface area is 128 Å². The maximum Gasteiger partial charge on any atom is 0.323 e. The Kier molecular flexibility index (Phi) is 7.93. The molecule has 1 unspecified atom stereocenters. The SMILES string of the molecule is CC(C)(C)CCCOC(=O)C(N)CC(=O)OCC(C)(C)C. The van der Waals surface area contributed by atoms with Crippen LogP contribution < -0.4 is 5.73 Å². The van der Waals surface area contributed by atoms with Gasteiger partial charge in [-0.2, -0.15) is 0 Å². The average molecular weight is 301 g/mol. The molecule has 0 fully saturated rings. The molecule has 0 aromatic heterocycles. The molecule has 0 saturated carbocycles. The Bertz CT molecular complexity index is 339. The monoisotopic (exact) mass is 301 g/mol. The van der Waals surface area contributed by atoms with Crippen molar-refractivity contribution < 1.29 is 19.1 Å². The number of carbonyl (C=O) groups is 2. The fourth-order valence-electron chi connectivity index (χ4n) is 1.50. The van der Waals surface area contributed by atoms with E-state index in [4.69, 9.17) is 15.2 Å². The number of esters is 2. The summed E-state index contributed by atoms with van der Waals surface area (Å²) < 4.78 is 10.1. The third-order valence-electron chi connectivity index (χ3n) is 2.67. The van der Waals surface area contributed by atoms with Gasteiger partial charge in [0.05, 0.1) is 19.6 Å². The minimum absolute atomic E-state index is 0.104. The van der Waals surface area contributed by atoms with Crippen molar-refractivity contribution in [2.75, 3.05) is 13.2 Å². The number of hydrogen-bond acceptors (Lipinski definition) is 5. The molecule has 0 aliphatic carbocycles. The van der Waals surface area contributed by atoms with Gasteiger partial charge in [0.1, 0.15) is 6.04 Å². The number of ether oxygens (including phenoxy) is 2. The molecule has 0 aromatic carbocycles. The van der Waals surface area contributed by atoms with Crippen molar-refractivity contribution in [1.82, 2.24) is 0 Å². The number of hydrogen-bond donors (Lipinski definition) is 1. The van der Waals surface area contributed by atoms with Gasteiger partial charge in [-0.3, -0.25) is 9.59 Å². The first-order chi connectivity index (χ1) is 9.41. The topological polar surface area (TPSA) is 78.6 Å². The van der Waals surface area contributed by atoms with E-state index in [1.165, 1.54) is 0 Å². The van der Waals surface area contributed by atoms with Gasteiger partial charge in [-0.05, 0) is 23.7 Å². The molecule has 0 amide bonds. The molecule has 5 nitrogen and oxygen atoms in total. The smallest absolute Gasteiger partial charge is 0.323 e. The Hall–Kier alpha value is -1.10. The molecule has 0 bridgehead atoms. The minimum Gasteiger partial charge on any atom is -0.465 e. The summed E-state index contributed by atoms with van der Waals surface area (Å²) in [6, 6.07) is -0.952.